The second-order valence-electron chi connectivity index (χ2n) is 6.03. The number of nitrogens with one attached hydrogen (secondary N) is 1. The smallest absolute Gasteiger partial charge is 0.243 e. The molecular formula is C16H24N2O3S. The van der Waals surface area contributed by atoms with Gasteiger partial charge in [0.2, 0.25) is 10.0 Å². The zero-order valence-corrected chi connectivity index (χ0v) is 14.2. The van der Waals surface area contributed by atoms with Gasteiger partial charge >= 0.3 is 0 Å². The Labute approximate surface area is 132 Å². The lowest BCUT2D eigenvalue weighted by atomic mass is 10.0. The van der Waals surface area contributed by atoms with Crippen LogP contribution in [0.5, 0.6) is 0 Å². The first-order valence-corrected chi connectivity index (χ1v) is 9.12. The van der Waals surface area contributed by atoms with E-state index in [1.54, 1.807) is 12.1 Å². The SMILES string of the molecule is CNC1CCCN(S(=O)(=O)c2ccc(C(=O)C(C)C)cc2)C1. The molecule has 1 aliphatic rings. The molecule has 2 rings (SSSR count). The van der Waals surface area contributed by atoms with Crippen LogP contribution in [0, 0.1) is 5.92 Å². The zero-order valence-electron chi connectivity index (χ0n) is 13.4. The molecule has 0 spiro atoms. The van der Waals surface area contributed by atoms with Gasteiger partial charge in [-0.05, 0) is 32.0 Å². The summed E-state index contributed by atoms with van der Waals surface area (Å²) in [6.45, 7) is 4.70. The summed E-state index contributed by atoms with van der Waals surface area (Å²) in [6, 6.07) is 6.48. The van der Waals surface area contributed by atoms with Crippen molar-refractivity contribution < 1.29 is 13.2 Å². The van der Waals surface area contributed by atoms with E-state index in [9.17, 15) is 13.2 Å². The molecule has 1 fully saturated rings. The van der Waals surface area contributed by atoms with E-state index in [-0.39, 0.29) is 22.6 Å². The normalized spacial score (nSPS) is 20.3. The maximum atomic E-state index is 12.7. The first kappa shape index (κ1) is 17.1. The Bertz CT molecular complexity index is 623. The van der Waals surface area contributed by atoms with Crippen LogP contribution in [0.3, 0.4) is 0 Å². The number of Topliss-reactive ketones (excluding diaryl/α,β-unsaturated/α-hetero) is 1. The summed E-state index contributed by atoms with van der Waals surface area (Å²) in [5, 5.41) is 3.14. The summed E-state index contributed by atoms with van der Waals surface area (Å²) in [5.74, 6) is -0.0712. The average Bonchev–Trinajstić information content (AvgIpc) is 2.54. The highest BCUT2D eigenvalue weighted by Crippen LogP contribution is 2.21. The zero-order chi connectivity index (χ0) is 16.3. The summed E-state index contributed by atoms with van der Waals surface area (Å²) in [5.41, 5.74) is 0.556. The minimum absolute atomic E-state index is 0.0252. The molecule has 122 valence electrons. The molecule has 1 aromatic rings. The molecule has 1 aromatic carbocycles. The minimum atomic E-state index is -3.49. The second kappa shape index (κ2) is 6.89. The molecule has 5 nitrogen and oxygen atoms in total. The lowest BCUT2D eigenvalue weighted by Crippen LogP contribution is -2.46. The summed E-state index contributed by atoms with van der Waals surface area (Å²) >= 11 is 0. The van der Waals surface area contributed by atoms with Crippen molar-refractivity contribution >= 4 is 15.8 Å². The van der Waals surface area contributed by atoms with Crippen LogP contribution in [0.25, 0.3) is 0 Å². The van der Waals surface area contributed by atoms with Crippen LogP contribution in [-0.2, 0) is 10.0 Å². The molecule has 0 aliphatic carbocycles. The lowest BCUT2D eigenvalue weighted by molar-refractivity contribution is 0.0939. The number of piperidine rings is 1. The quantitative estimate of drug-likeness (QED) is 0.840. The van der Waals surface area contributed by atoms with Crippen molar-refractivity contribution in [2.45, 2.75) is 37.6 Å². The third kappa shape index (κ3) is 3.56. The molecule has 1 N–H and O–H groups in total. The van der Waals surface area contributed by atoms with Crippen molar-refractivity contribution in [1.29, 1.82) is 0 Å². The van der Waals surface area contributed by atoms with Gasteiger partial charge in [0.15, 0.2) is 5.78 Å². The molecule has 0 saturated carbocycles. The molecule has 0 aromatic heterocycles. The van der Waals surface area contributed by atoms with Gasteiger partial charge in [-0.15, -0.1) is 0 Å². The predicted molar refractivity (Wildman–Crippen MR) is 86.5 cm³/mol. The summed E-state index contributed by atoms with van der Waals surface area (Å²) in [6.07, 6.45) is 1.85. The number of hydrogen-bond donors (Lipinski definition) is 1. The van der Waals surface area contributed by atoms with Crippen molar-refractivity contribution in [3.8, 4) is 0 Å². The maximum Gasteiger partial charge on any atom is 0.243 e. The fraction of sp³-hybridized carbons (Fsp3) is 0.562. The molecular weight excluding hydrogens is 300 g/mol. The van der Waals surface area contributed by atoms with Crippen molar-refractivity contribution in [3.63, 3.8) is 0 Å². The molecule has 0 amide bonds. The van der Waals surface area contributed by atoms with Gasteiger partial charge in [-0.2, -0.15) is 4.31 Å². The van der Waals surface area contributed by atoms with Gasteiger partial charge in [-0.1, -0.05) is 26.0 Å². The summed E-state index contributed by atoms with van der Waals surface area (Å²) in [7, 11) is -1.63. The second-order valence-corrected chi connectivity index (χ2v) is 7.97. The van der Waals surface area contributed by atoms with E-state index in [1.807, 2.05) is 20.9 Å². The number of hydrogen-bond acceptors (Lipinski definition) is 4. The molecule has 22 heavy (non-hydrogen) atoms. The molecule has 0 radical (unpaired) electrons. The van der Waals surface area contributed by atoms with E-state index in [0.717, 1.165) is 12.8 Å². The minimum Gasteiger partial charge on any atom is -0.316 e. The Morgan fingerprint density at radius 2 is 1.91 bits per heavy atom. The number of carbonyl (C=O) groups excluding carboxylic acids is 1. The van der Waals surface area contributed by atoms with E-state index < -0.39 is 10.0 Å². The van der Waals surface area contributed by atoms with Gasteiger partial charge in [0.25, 0.3) is 0 Å². The third-order valence-electron chi connectivity index (χ3n) is 4.09. The standard InChI is InChI=1S/C16H24N2O3S/c1-12(2)16(19)13-6-8-15(9-7-13)22(20,21)18-10-4-5-14(11-18)17-3/h6-9,12,14,17H,4-5,10-11H2,1-3H3. The Morgan fingerprint density at radius 1 is 1.27 bits per heavy atom. The van der Waals surface area contributed by atoms with Crippen LogP contribution in [0.2, 0.25) is 0 Å². The number of carbonyl (C=O) groups is 1. The fourth-order valence-corrected chi connectivity index (χ4v) is 4.19. The number of likely N-dealkylation sites (N-methyl/N-ethyl adjacent to an activating group) is 1. The summed E-state index contributed by atoms with van der Waals surface area (Å²) < 4.78 is 26.9. The molecule has 1 aliphatic heterocycles. The van der Waals surface area contributed by atoms with E-state index in [4.69, 9.17) is 0 Å². The van der Waals surface area contributed by atoms with Gasteiger partial charge in [0.1, 0.15) is 0 Å². The largest absolute Gasteiger partial charge is 0.316 e. The Hall–Kier alpha value is -1.24. The van der Waals surface area contributed by atoms with Gasteiger partial charge < -0.3 is 5.32 Å². The van der Waals surface area contributed by atoms with Crippen molar-refractivity contribution in [2.75, 3.05) is 20.1 Å². The van der Waals surface area contributed by atoms with Gasteiger partial charge in [0.05, 0.1) is 4.90 Å². The van der Waals surface area contributed by atoms with Crippen molar-refractivity contribution in [1.82, 2.24) is 9.62 Å². The highest BCUT2D eigenvalue weighted by molar-refractivity contribution is 7.89. The van der Waals surface area contributed by atoms with Gasteiger partial charge in [-0.25, -0.2) is 8.42 Å². The van der Waals surface area contributed by atoms with E-state index >= 15 is 0 Å². The predicted octanol–water partition coefficient (Wildman–Crippen LogP) is 1.90. The van der Waals surface area contributed by atoms with Crippen LogP contribution in [-0.4, -0.2) is 44.7 Å². The van der Waals surface area contributed by atoms with Crippen LogP contribution >= 0.6 is 0 Å². The molecule has 6 heteroatoms. The number of benzene rings is 1. The molecule has 0 bridgehead atoms. The van der Waals surface area contributed by atoms with E-state index in [0.29, 0.717) is 18.7 Å². The van der Waals surface area contributed by atoms with Crippen molar-refractivity contribution in [2.24, 2.45) is 5.92 Å². The molecule has 1 heterocycles. The molecule has 1 atom stereocenters. The van der Waals surface area contributed by atoms with E-state index in [2.05, 4.69) is 5.32 Å². The lowest BCUT2D eigenvalue weighted by Gasteiger charge is -2.31. The first-order valence-electron chi connectivity index (χ1n) is 7.68. The number of nitrogens with zero attached hydrogens (tertiary/aromatic N) is 1. The van der Waals surface area contributed by atoms with Crippen LogP contribution in [0.15, 0.2) is 29.2 Å². The van der Waals surface area contributed by atoms with Crippen LogP contribution in [0.1, 0.15) is 37.0 Å². The fourth-order valence-electron chi connectivity index (χ4n) is 2.67. The third-order valence-corrected chi connectivity index (χ3v) is 5.97. The van der Waals surface area contributed by atoms with Crippen molar-refractivity contribution in [3.05, 3.63) is 29.8 Å². The number of ketones is 1. The molecule has 1 unspecified atom stereocenters. The van der Waals surface area contributed by atoms with E-state index in [1.165, 1.54) is 16.4 Å². The highest BCUT2D eigenvalue weighted by atomic mass is 32.2. The Balaban J connectivity index is 2.21. The number of rotatable bonds is 5. The molecule has 1 saturated heterocycles. The summed E-state index contributed by atoms with van der Waals surface area (Å²) in [4.78, 5) is 12.2. The first-order chi connectivity index (χ1) is 10.4. The van der Waals surface area contributed by atoms with Gasteiger partial charge in [-0.3, -0.25) is 4.79 Å². The highest BCUT2D eigenvalue weighted by Gasteiger charge is 2.29. The topological polar surface area (TPSA) is 66.5 Å². The monoisotopic (exact) mass is 324 g/mol. The van der Waals surface area contributed by atoms with Crippen LogP contribution in [0.4, 0.5) is 0 Å². The van der Waals surface area contributed by atoms with Crippen LogP contribution < -0.4 is 5.32 Å². The average molecular weight is 324 g/mol. The maximum absolute atomic E-state index is 12.7. The Kier molecular flexibility index (Phi) is 5.36. The number of sulfonamides is 1. The van der Waals surface area contributed by atoms with Gasteiger partial charge in [0, 0.05) is 30.6 Å². The Morgan fingerprint density at radius 3 is 2.45 bits per heavy atom.